The number of carbonyl (C=O) groups excluding carboxylic acids is 1. The number of aliphatic imine (C=N–C) groups is 1. The number of hydrogen-bond donors (Lipinski definition) is 1. The summed E-state index contributed by atoms with van der Waals surface area (Å²) in [5, 5.41) is -1.79. The molecule has 5 nitrogen and oxygen atoms in total. The first kappa shape index (κ1) is 28.7. The van der Waals surface area contributed by atoms with Gasteiger partial charge in [-0.1, -0.05) is 34.8 Å². The van der Waals surface area contributed by atoms with Gasteiger partial charge in [-0.05, 0) is 25.1 Å². The van der Waals surface area contributed by atoms with Crippen molar-refractivity contribution in [1.82, 2.24) is 4.98 Å². The van der Waals surface area contributed by atoms with Gasteiger partial charge >= 0.3 is 24.0 Å². The number of hydrogen-bond acceptors (Lipinski definition) is 5. The molecule has 0 unspecified atom stereocenters. The summed E-state index contributed by atoms with van der Waals surface area (Å²) in [5.41, 5.74) is -2.38. The summed E-state index contributed by atoms with van der Waals surface area (Å²) >= 11 is 17.5. The minimum Gasteiger partial charge on any atom is -0.462 e. The normalized spacial score (nSPS) is 13.4. The second-order valence-electron chi connectivity index (χ2n) is 6.61. The predicted octanol–water partition coefficient (Wildman–Crippen LogP) is 7.21. The van der Waals surface area contributed by atoms with E-state index in [4.69, 9.17) is 45.3 Å². The lowest BCUT2D eigenvalue weighted by Gasteiger charge is -2.30. The summed E-state index contributed by atoms with van der Waals surface area (Å²) in [5.74, 6) is -0.786. The highest BCUT2D eigenvalue weighted by Gasteiger charge is 2.73. The van der Waals surface area contributed by atoms with Crippen LogP contribution >= 0.6 is 34.8 Å². The maximum atomic E-state index is 14.3. The van der Waals surface area contributed by atoms with E-state index in [-0.39, 0.29) is 40.6 Å². The quantitative estimate of drug-likeness (QED) is 0.173. The van der Waals surface area contributed by atoms with E-state index in [0.29, 0.717) is 0 Å². The Morgan fingerprint density at radius 1 is 1.06 bits per heavy atom. The van der Waals surface area contributed by atoms with Crippen molar-refractivity contribution in [3.8, 4) is 0 Å². The van der Waals surface area contributed by atoms with Crippen molar-refractivity contribution < 1.29 is 40.3 Å². The van der Waals surface area contributed by atoms with Crippen LogP contribution in [-0.2, 0) is 10.4 Å². The monoisotopic (exact) mass is 565 g/mol. The van der Waals surface area contributed by atoms with E-state index in [2.05, 4.69) is 9.98 Å². The van der Waals surface area contributed by atoms with E-state index in [9.17, 15) is 35.5 Å². The van der Waals surface area contributed by atoms with Crippen molar-refractivity contribution in [3.63, 3.8) is 0 Å². The Bertz CT molecular complexity index is 1140. The number of nitrogens with zero attached hydrogens (tertiary/aromatic N) is 2. The van der Waals surface area contributed by atoms with Crippen LogP contribution in [0.1, 0.15) is 28.4 Å². The highest BCUT2D eigenvalue weighted by atomic mass is 35.5. The molecule has 0 bridgehead atoms. The summed E-state index contributed by atoms with van der Waals surface area (Å²) in [6.07, 6.45) is -9.51. The fourth-order valence-corrected chi connectivity index (χ4v) is 3.45. The van der Waals surface area contributed by atoms with Crippen molar-refractivity contribution in [2.24, 2.45) is 10.7 Å². The Balaban J connectivity index is 2.51. The highest BCUT2D eigenvalue weighted by Crippen LogP contribution is 2.54. The van der Waals surface area contributed by atoms with Crippen molar-refractivity contribution in [2.75, 3.05) is 6.61 Å². The molecule has 0 fully saturated rings. The van der Waals surface area contributed by atoms with Gasteiger partial charge in [0.1, 0.15) is 10.8 Å². The number of nitrogens with two attached hydrogens (primary N) is 1. The van der Waals surface area contributed by atoms with Gasteiger partial charge in [0.2, 0.25) is 0 Å². The fraction of sp³-hybridized carbons (Fsp3) is 0.250. The topological polar surface area (TPSA) is 77.6 Å². The SMILES string of the molecule is CCOC(=O)c1cc(C(C=Nc2c(Cl)cc(C(F)(C(F)(F)F)C(F)(F)F)cc2Cl)=CN)cnc1Cl. The molecule has 2 aromatic rings. The van der Waals surface area contributed by atoms with Gasteiger partial charge < -0.3 is 10.5 Å². The number of allylic oxidation sites excluding steroid dienone is 1. The Hall–Kier alpha value is -2.57. The number of esters is 1. The van der Waals surface area contributed by atoms with E-state index >= 15 is 0 Å². The molecule has 35 heavy (non-hydrogen) atoms. The van der Waals surface area contributed by atoms with Gasteiger partial charge in [0.05, 0.1) is 22.2 Å². The molecule has 190 valence electrons. The van der Waals surface area contributed by atoms with Crippen LogP contribution in [0.15, 0.2) is 35.6 Å². The lowest BCUT2D eigenvalue weighted by Crippen LogP contribution is -2.50. The number of halogens is 10. The largest absolute Gasteiger partial charge is 0.462 e. The molecular weight excluding hydrogens is 554 g/mol. The van der Waals surface area contributed by atoms with Crippen LogP contribution in [-0.4, -0.2) is 36.1 Å². The first-order valence-corrected chi connectivity index (χ1v) is 10.3. The number of pyridine rings is 1. The first-order chi connectivity index (χ1) is 16.1. The zero-order valence-corrected chi connectivity index (χ0v) is 19.5. The molecule has 0 aliphatic carbocycles. The molecule has 0 aliphatic heterocycles. The van der Waals surface area contributed by atoms with E-state index < -0.39 is 45.3 Å². The van der Waals surface area contributed by atoms with Gasteiger partial charge in [0, 0.05) is 35.3 Å². The molecular formula is C20H13Cl3F7N3O2. The van der Waals surface area contributed by atoms with Crippen LogP contribution in [0.4, 0.5) is 36.4 Å². The number of alkyl halides is 7. The summed E-state index contributed by atoms with van der Waals surface area (Å²) < 4.78 is 97.3. The third-order valence-corrected chi connectivity index (χ3v) is 5.25. The lowest BCUT2D eigenvalue weighted by atomic mass is 9.94. The number of carbonyl (C=O) groups is 1. The summed E-state index contributed by atoms with van der Waals surface area (Å²) in [4.78, 5) is 19.7. The molecule has 2 rings (SSSR count). The van der Waals surface area contributed by atoms with Crippen LogP contribution < -0.4 is 5.73 Å². The first-order valence-electron chi connectivity index (χ1n) is 9.19. The zero-order chi connectivity index (χ0) is 26.8. The standard InChI is InChI=1S/C20H13Cl3F7N3O2/c1-2-35-17(34)12-3-9(7-33-16(12)23)10(6-31)8-32-15-13(21)4-11(5-14(15)22)18(24,19(25,26)27)20(28,29)30/h3-8H,2,31H2,1H3. The smallest absolute Gasteiger partial charge is 0.435 e. The second kappa shape index (κ2) is 10.6. The van der Waals surface area contributed by atoms with Crippen molar-refractivity contribution in [3.05, 3.63) is 62.5 Å². The van der Waals surface area contributed by atoms with Crippen molar-refractivity contribution in [2.45, 2.75) is 24.9 Å². The van der Waals surface area contributed by atoms with Crippen molar-refractivity contribution >= 4 is 58.2 Å². The Morgan fingerprint density at radius 3 is 2.06 bits per heavy atom. The minimum absolute atomic E-state index is 0.0519. The molecule has 0 atom stereocenters. The summed E-state index contributed by atoms with van der Waals surface area (Å²) in [7, 11) is 0. The Labute approximate surface area is 208 Å². The van der Waals surface area contributed by atoms with E-state index in [1.807, 2.05) is 0 Å². The van der Waals surface area contributed by atoms with Gasteiger partial charge in [-0.15, -0.1) is 0 Å². The molecule has 1 heterocycles. The minimum atomic E-state index is -6.35. The van der Waals surface area contributed by atoms with E-state index in [1.54, 1.807) is 6.92 Å². The Kier molecular flexibility index (Phi) is 8.67. The van der Waals surface area contributed by atoms with Gasteiger partial charge in [-0.3, -0.25) is 4.99 Å². The summed E-state index contributed by atoms with van der Waals surface area (Å²) in [6, 6.07) is 1.50. The van der Waals surface area contributed by atoms with Crippen LogP contribution in [0.25, 0.3) is 5.57 Å². The predicted molar refractivity (Wildman–Crippen MR) is 117 cm³/mol. The van der Waals surface area contributed by atoms with E-state index in [1.165, 1.54) is 12.3 Å². The third-order valence-electron chi connectivity index (χ3n) is 4.38. The molecule has 0 spiro atoms. The number of aromatic nitrogens is 1. The molecule has 0 saturated carbocycles. The molecule has 2 N–H and O–H groups in total. The zero-order valence-electron chi connectivity index (χ0n) is 17.2. The van der Waals surface area contributed by atoms with E-state index in [0.717, 1.165) is 12.4 Å². The van der Waals surface area contributed by atoms with Gasteiger partial charge in [-0.25, -0.2) is 14.2 Å². The molecule has 0 saturated heterocycles. The van der Waals surface area contributed by atoms with Crippen LogP contribution in [0.2, 0.25) is 15.2 Å². The Morgan fingerprint density at radius 2 is 1.60 bits per heavy atom. The lowest BCUT2D eigenvalue weighted by molar-refractivity contribution is -0.348. The van der Waals surface area contributed by atoms with Gasteiger partial charge in [-0.2, -0.15) is 26.3 Å². The number of benzene rings is 1. The summed E-state index contributed by atoms with van der Waals surface area (Å²) in [6.45, 7) is 1.62. The second-order valence-corrected chi connectivity index (χ2v) is 7.78. The van der Waals surface area contributed by atoms with Gasteiger partial charge in [0.25, 0.3) is 0 Å². The molecule has 1 aromatic heterocycles. The average molecular weight is 567 g/mol. The molecule has 15 heteroatoms. The van der Waals surface area contributed by atoms with Crippen LogP contribution in [0, 0.1) is 0 Å². The highest BCUT2D eigenvalue weighted by molar-refractivity contribution is 6.39. The average Bonchev–Trinajstić information content (AvgIpc) is 2.74. The maximum Gasteiger partial charge on any atom is 0.435 e. The third kappa shape index (κ3) is 5.81. The molecule has 0 aliphatic rings. The van der Waals surface area contributed by atoms with Crippen molar-refractivity contribution in [1.29, 1.82) is 0 Å². The van der Waals surface area contributed by atoms with Gasteiger partial charge in [0.15, 0.2) is 0 Å². The molecule has 1 aromatic carbocycles. The number of rotatable bonds is 6. The maximum absolute atomic E-state index is 14.3. The van der Waals surface area contributed by atoms with Crippen LogP contribution in [0.5, 0.6) is 0 Å². The fourth-order valence-electron chi connectivity index (χ4n) is 2.68. The molecule has 0 radical (unpaired) electrons. The number of ether oxygens (including phenoxy) is 1. The van der Waals surface area contributed by atoms with Crippen LogP contribution in [0.3, 0.4) is 0 Å². The molecule has 0 amide bonds.